The zero-order valence-corrected chi connectivity index (χ0v) is 16.8. The van der Waals surface area contributed by atoms with Gasteiger partial charge in [-0.1, -0.05) is 0 Å². The van der Waals surface area contributed by atoms with Crippen LogP contribution < -0.4 is 25.8 Å². The molecule has 0 spiro atoms. The Kier molecular flexibility index (Phi) is 4.31. The van der Waals surface area contributed by atoms with E-state index in [4.69, 9.17) is 10.5 Å². The smallest absolute Gasteiger partial charge is 0.339 e. The number of nitrogens with zero attached hydrogens (tertiary/aromatic N) is 7. The van der Waals surface area contributed by atoms with Crippen LogP contribution in [0.15, 0.2) is 30.5 Å². The van der Waals surface area contributed by atoms with Gasteiger partial charge in [0.1, 0.15) is 11.6 Å². The van der Waals surface area contributed by atoms with Gasteiger partial charge in [-0.15, -0.1) is 0 Å². The van der Waals surface area contributed by atoms with Gasteiger partial charge in [0.05, 0.1) is 30.4 Å². The van der Waals surface area contributed by atoms with Crippen molar-refractivity contribution in [3.8, 4) is 5.75 Å². The highest BCUT2D eigenvalue weighted by Crippen LogP contribution is 2.28. The van der Waals surface area contributed by atoms with E-state index in [0.29, 0.717) is 31.8 Å². The number of methoxy groups -OCH3 is 1. The number of rotatable bonds is 3. The van der Waals surface area contributed by atoms with E-state index in [2.05, 4.69) is 25.4 Å². The van der Waals surface area contributed by atoms with E-state index in [-0.39, 0.29) is 18.0 Å². The first-order valence-electron chi connectivity index (χ1n) is 9.73. The molecule has 156 valence electrons. The third kappa shape index (κ3) is 2.94. The Bertz CT molecular complexity index is 1100. The van der Waals surface area contributed by atoms with Crippen molar-refractivity contribution in [2.24, 2.45) is 7.05 Å². The molecule has 1 aromatic carbocycles. The Morgan fingerprint density at radius 1 is 1.20 bits per heavy atom. The lowest BCUT2D eigenvalue weighted by Crippen LogP contribution is -2.68. The molecule has 2 amide bonds. The standard InChI is InChI=1S/C19H23N9O2/c1-25-16-15(10-21-25)17(24-18(20)23-16)26-7-8-27-13(11-26)9-22-28(19(27)29)12-3-5-14(30-2)6-4-12/h3-6,10,13,22H,7-9,11H2,1-2H3,(H2,20,23,24). The van der Waals surface area contributed by atoms with Crippen molar-refractivity contribution >= 4 is 34.5 Å². The van der Waals surface area contributed by atoms with Gasteiger partial charge in [0.15, 0.2) is 5.65 Å². The number of carbonyl (C=O) groups is 1. The molecule has 0 bridgehead atoms. The Morgan fingerprint density at radius 3 is 2.77 bits per heavy atom. The van der Waals surface area contributed by atoms with Gasteiger partial charge in [0.2, 0.25) is 5.95 Å². The van der Waals surface area contributed by atoms with Crippen molar-refractivity contribution in [1.82, 2.24) is 30.1 Å². The predicted molar refractivity (Wildman–Crippen MR) is 112 cm³/mol. The lowest BCUT2D eigenvalue weighted by atomic mass is 10.1. The van der Waals surface area contributed by atoms with Gasteiger partial charge in [-0.2, -0.15) is 15.1 Å². The molecule has 2 aliphatic rings. The van der Waals surface area contributed by atoms with Gasteiger partial charge < -0.3 is 20.3 Å². The van der Waals surface area contributed by atoms with E-state index in [0.717, 1.165) is 22.6 Å². The van der Waals surface area contributed by atoms with E-state index in [1.54, 1.807) is 23.0 Å². The summed E-state index contributed by atoms with van der Waals surface area (Å²) < 4.78 is 6.88. The number of aryl methyl sites for hydroxylation is 1. The quantitative estimate of drug-likeness (QED) is 0.645. The van der Waals surface area contributed by atoms with Crippen LogP contribution in [0, 0.1) is 0 Å². The topological polar surface area (TPSA) is 118 Å². The Labute approximate surface area is 173 Å². The molecule has 2 aliphatic heterocycles. The van der Waals surface area contributed by atoms with Crippen LogP contribution in [0.3, 0.4) is 0 Å². The van der Waals surface area contributed by atoms with Crippen LogP contribution in [0.25, 0.3) is 11.0 Å². The van der Waals surface area contributed by atoms with E-state index < -0.39 is 0 Å². The van der Waals surface area contributed by atoms with E-state index >= 15 is 0 Å². The number of nitrogen functional groups attached to an aromatic ring is 1. The SMILES string of the molecule is COc1ccc(N2NCC3CN(c4nc(N)nc5c4cnn5C)CCN3C2=O)cc1. The summed E-state index contributed by atoms with van der Waals surface area (Å²) in [7, 11) is 3.45. The summed E-state index contributed by atoms with van der Waals surface area (Å²) in [5, 5.41) is 6.73. The molecule has 11 heteroatoms. The summed E-state index contributed by atoms with van der Waals surface area (Å²) >= 11 is 0. The molecule has 3 N–H and O–H groups in total. The number of anilines is 3. The van der Waals surface area contributed by atoms with E-state index in [9.17, 15) is 4.79 Å². The molecule has 2 saturated heterocycles. The molecule has 3 aromatic rings. The fourth-order valence-corrected chi connectivity index (χ4v) is 4.06. The van der Waals surface area contributed by atoms with E-state index in [1.165, 1.54) is 0 Å². The molecule has 4 heterocycles. The second kappa shape index (κ2) is 7.02. The van der Waals surface area contributed by atoms with Crippen LogP contribution in [0.2, 0.25) is 0 Å². The molecule has 1 unspecified atom stereocenters. The predicted octanol–water partition coefficient (Wildman–Crippen LogP) is 0.590. The first-order valence-corrected chi connectivity index (χ1v) is 9.73. The lowest BCUT2D eigenvalue weighted by molar-refractivity contribution is 0.151. The summed E-state index contributed by atoms with van der Waals surface area (Å²) in [6, 6.07) is 7.36. The van der Waals surface area contributed by atoms with Gasteiger partial charge >= 0.3 is 6.03 Å². The number of hydrazine groups is 1. The van der Waals surface area contributed by atoms with Gasteiger partial charge in [0.25, 0.3) is 0 Å². The Morgan fingerprint density at radius 2 is 2.00 bits per heavy atom. The number of carbonyl (C=O) groups excluding carboxylic acids is 1. The maximum Gasteiger partial charge on any atom is 0.339 e. The molecular formula is C19H23N9O2. The highest BCUT2D eigenvalue weighted by Gasteiger charge is 2.38. The molecule has 2 aromatic heterocycles. The molecular weight excluding hydrogens is 386 g/mol. The number of hydrogen-bond acceptors (Lipinski definition) is 8. The molecule has 2 fully saturated rings. The fraction of sp³-hybridized carbons (Fsp3) is 0.368. The molecule has 0 radical (unpaired) electrons. The number of ether oxygens (including phenoxy) is 1. The Balaban J connectivity index is 1.36. The minimum absolute atomic E-state index is 0.0173. The van der Waals surface area contributed by atoms with Crippen molar-refractivity contribution in [3.63, 3.8) is 0 Å². The first-order chi connectivity index (χ1) is 14.5. The normalized spacial score (nSPS) is 19.3. The van der Waals surface area contributed by atoms with Crippen LogP contribution in [-0.4, -0.2) is 70.0 Å². The van der Waals surface area contributed by atoms with Crippen molar-refractivity contribution in [2.75, 3.05) is 48.9 Å². The number of urea groups is 1. The van der Waals surface area contributed by atoms with Crippen LogP contribution in [0.1, 0.15) is 0 Å². The van der Waals surface area contributed by atoms with Crippen LogP contribution in [-0.2, 0) is 7.05 Å². The van der Waals surface area contributed by atoms with E-state index in [1.807, 2.05) is 36.2 Å². The van der Waals surface area contributed by atoms with Gasteiger partial charge in [-0.3, -0.25) is 4.68 Å². The average Bonchev–Trinajstić information content (AvgIpc) is 3.14. The third-order valence-electron chi connectivity index (χ3n) is 5.62. The average molecular weight is 409 g/mol. The van der Waals surface area contributed by atoms with Gasteiger partial charge in [0, 0.05) is 33.2 Å². The third-order valence-corrected chi connectivity index (χ3v) is 5.62. The number of benzene rings is 1. The Hall–Kier alpha value is -3.60. The zero-order chi connectivity index (χ0) is 20.8. The lowest BCUT2D eigenvalue weighted by Gasteiger charge is -2.47. The highest BCUT2D eigenvalue weighted by molar-refractivity contribution is 5.93. The molecule has 5 rings (SSSR count). The van der Waals surface area contributed by atoms with Crippen molar-refractivity contribution in [2.45, 2.75) is 6.04 Å². The molecule has 0 saturated carbocycles. The number of piperazine rings is 1. The van der Waals surface area contributed by atoms with Crippen molar-refractivity contribution in [1.29, 1.82) is 0 Å². The van der Waals surface area contributed by atoms with Crippen molar-refractivity contribution in [3.05, 3.63) is 30.5 Å². The second-order valence-electron chi connectivity index (χ2n) is 7.38. The molecule has 0 aliphatic carbocycles. The number of hydrogen-bond donors (Lipinski definition) is 2. The number of amides is 2. The second-order valence-corrected chi connectivity index (χ2v) is 7.38. The van der Waals surface area contributed by atoms with Crippen molar-refractivity contribution < 1.29 is 9.53 Å². The summed E-state index contributed by atoms with van der Waals surface area (Å²) in [6.07, 6.45) is 1.76. The molecule has 11 nitrogen and oxygen atoms in total. The minimum Gasteiger partial charge on any atom is -0.497 e. The molecule has 1 atom stereocenters. The van der Waals surface area contributed by atoms with Gasteiger partial charge in [-0.05, 0) is 24.3 Å². The monoisotopic (exact) mass is 409 g/mol. The highest BCUT2D eigenvalue weighted by atomic mass is 16.5. The minimum atomic E-state index is -0.0650. The van der Waals surface area contributed by atoms with Crippen LogP contribution >= 0.6 is 0 Å². The number of aromatic nitrogens is 4. The maximum absolute atomic E-state index is 13.1. The number of nitrogens with one attached hydrogen (secondary N) is 1. The molecule has 30 heavy (non-hydrogen) atoms. The maximum atomic E-state index is 13.1. The first kappa shape index (κ1) is 18.4. The van der Waals surface area contributed by atoms with Crippen LogP contribution in [0.4, 0.5) is 22.2 Å². The summed E-state index contributed by atoms with van der Waals surface area (Å²) in [5.41, 5.74) is 10.7. The summed E-state index contributed by atoms with van der Waals surface area (Å²) in [5.74, 6) is 1.72. The largest absolute Gasteiger partial charge is 0.497 e. The fourth-order valence-electron chi connectivity index (χ4n) is 4.06. The van der Waals surface area contributed by atoms with Crippen LogP contribution in [0.5, 0.6) is 5.75 Å². The number of fused-ring (bicyclic) bond motifs is 2. The zero-order valence-electron chi connectivity index (χ0n) is 16.8. The number of nitrogens with two attached hydrogens (primary N) is 1. The summed E-state index contributed by atoms with van der Waals surface area (Å²) in [6.45, 7) is 2.52. The summed E-state index contributed by atoms with van der Waals surface area (Å²) in [4.78, 5) is 25.9. The van der Waals surface area contributed by atoms with Gasteiger partial charge in [-0.25, -0.2) is 15.2 Å².